The van der Waals surface area contributed by atoms with E-state index in [1.54, 1.807) is 43.3 Å². The molecule has 1 fully saturated rings. The first-order chi connectivity index (χ1) is 19.8. The van der Waals surface area contributed by atoms with Gasteiger partial charge in [-0.2, -0.15) is 0 Å². The van der Waals surface area contributed by atoms with Gasteiger partial charge in [0.2, 0.25) is 5.13 Å². The number of methoxy groups -OCH3 is 1. The average Bonchev–Trinajstić information content (AvgIpc) is 3.65. The molecule has 2 aliphatic heterocycles. The van der Waals surface area contributed by atoms with Crippen LogP contribution >= 0.6 is 11.3 Å². The molecular formula is C31H27N3O6S. The standard InChI is InChI=1S/C31H27N3O6S/c1-17-13-22-14-21(10-11-23(22)40-17)28(35)26-27(34(30(37)29(26)36)31-33-32-18(2)41-31)20-9-12-24(25(15-20)38-3)39-16-19-7-5-4-6-8-19/h4-12,14-15,17,27,35H,13,16H2,1-3H3/t17-,27-/m1/s1. The zero-order valence-electron chi connectivity index (χ0n) is 22.7. The van der Waals surface area contributed by atoms with Crippen molar-refractivity contribution < 1.29 is 28.9 Å². The van der Waals surface area contributed by atoms with Gasteiger partial charge in [0.1, 0.15) is 29.2 Å². The number of aliphatic hydroxyl groups is 1. The van der Waals surface area contributed by atoms with Crippen LogP contribution in [0.5, 0.6) is 17.2 Å². The fourth-order valence-electron chi connectivity index (χ4n) is 5.16. The molecule has 1 aromatic heterocycles. The second-order valence-electron chi connectivity index (χ2n) is 9.91. The Kier molecular flexibility index (Phi) is 6.92. The van der Waals surface area contributed by atoms with Crippen LogP contribution in [0.25, 0.3) is 5.76 Å². The van der Waals surface area contributed by atoms with Crippen LogP contribution in [-0.4, -0.2) is 40.2 Å². The van der Waals surface area contributed by atoms with Crippen molar-refractivity contribution in [2.24, 2.45) is 0 Å². The summed E-state index contributed by atoms with van der Waals surface area (Å²) in [5.41, 5.74) is 2.84. The molecule has 1 saturated heterocycles. The third kappa shape index (κ3) is 4.91. The molecule has 1 amide bonds. The van der Waals surface area contributed by atoms with Crippen molar-refractivity contribution in [3.8, 4) is 17.2 Å². The molecule has 0 bridgehead atoms. The molecule has 6 rings (SSSR count). The maximum atomic E-state index is 13.5. The Morgan fingerprint density at radius 2 is 1.88 bits per heavy atom. The highest BCUT2D eigenvalue weighted by molar-refractivity contribution is 7.15. The number of aromatic nitrogens is 2. The second-order valence-corrected chi connectivity index (χ2v) is 11.1. The maximum absolute atomic E-state index is 13.5. The summed E-state index contributed by atoms with van der Waals surface area (Å²) >= 11 is 1.19. The number of carbonyl (C=O) groups is 2. The fraction of sp³-hybridized carbons (Fsp3) is 0.226. The minimum atomic E-state index is -0.970. The van der Waals surface area contributed by atoms with Gasteiger partial charge in [0.05, 0.1) is 18.7 Å². The number of benzene rings is 3. The van der Waals surface area contributed by atoms with Gasteiger partial charge in [-0.15, -0.1) is 10.2 Å². The molecule has 0 saturated carbocycles. The monoisotopic (exact) mass is 569 g/mol. The number of amides is 1. The summed E-state index contributed by atoms with van der Waals surface area (Å²) in [5, 5.41) is 20.6. The molecule has 3 heterocycles. The van der Waals surface area contributed by atoms with E-state index in [1.807, 2.05) is 37.3 Å². The summed E-state index contributed by atoms with van der Waals surface area (Å²) in [6, 6.07) is 19.2. The largest absolute Gasteiger partial charge is 0.507 e. The number of nitrogens with zero attached hydrogens (tertiary/aromatic N) is 3. The van der Waals surface area contributed by atoms with Crippen LogP contribution in [0.1, 0.15) is 40.2 Å². The molecule has 0 unspecified atom stereocenters. The van der Waals surface area contributed by atoms with Crippen LogP contribution in [0.2, 0.25) is 0 Å². The van der Waals surface area contributed by atoms with Crippen LogP contribution < -0.4 is 19.1 Å². The summed E-state index contributed by atoms with van der Waals surface area (Å²) in [5.74, 6) is -0.227. The number of aliphatic hydroxyl groups excluding tert-OH is 1. The highest BCUT2D eigenvalue weighted by Crippen LogP contribution is 2.45. The summed E-state index contributed by atoms with van der Waals surface area (Å²) < 4.78 is 17.5. The lowest BCUT2D eigenvalue weighted by Crippen LogP contribution is -2.29. The van der Waals surface area contributed by atoms with Crippen molar-refractivity contribution in [3.63, 3.8) is 0 Å². The summed E-state index contributed by atoms with van der Waals surface area (Å²) in [4.78, 5) is 28.3. The number of hydrogen-bond donors (Lipinski definition) is 1. The third-order valence-electron chi connectivity index (χ3n) is 7.08. The number of rotatable bonds is 7. The molecule has 10 heteroatoms. The number of anilines is 1. The van der Waals surface area contributed by atoms with Gasteiger partial charge in [-0.05, 0) is 60.9 Å². The lowest BCUT2D eigenvalue weighted by atomic mass is 9.94. The Morgan fingerprint density at radius 1 is 1.07 bits per heavy atom. The molecular weight excluding hydrogens is 542 g/mol. The first kappa shape index (κ1) is 26.5. The first-order valence-electron chi connectivity index (χ1n) is 13.1. The third-order valence-corrected chi connectivity index (χ3v) is 7.91. The number of aryl methyl sites for hydroxylation is 1. The van der Waals surface area contributed by atoms with Crippen molar-refractivity contribution in [3.05, 3.63) is 99.6 Å². The number of ketones is 1. The zero-order chi connectivity index (χ0) is 28.7. The van der Waals surface area contributed by atoms with Gasteiger partial charge < -0.3 is 19.3 Å². The molecule has 2 aliphatic rings. The average molecular weight is 570 g/mol. The van der Waals surface area contributed by atoms with E-state index in [0.29, 0.717) is 40.7 Å². The molecule has 9 nitrogen and oxygen atoms in total. The van der Waals surface area contributed by atoms with Gasteiger partial charge in [-0.25, -0.2) is 0 Å². The molecule has 41 heavy (non-hydrogen) atoms. The summed E-state index contributed by atoms with van der Waals surface area (Å²) in [6.07, 6.45) is 0.698. The van der Waals surface area contributed by atoms with E-state index in [9.17, 15) is 14.7 Å². The highest BCUT2D eigenvalue weighted by Gasteiger charge is 2.48. The number of ether oxygens (including phenoxy) is 3. The van der Waals surface area contributed by atoms with Gasteiger partial charge in [-0.1, -0.05) is 47.7 Å². The van der Waals surface area contributed by atoms with Gasteiger partial charge in [0, 0.05) is 12.0 Å². The predicted octanol–water partition coefficient (Wildman–Crippen LogP) is 5.38. The minimum Gasteiger partial charge on any atom is -0.507 e. The van der Waals surface area contributed by atoms with Crippen LogP contribution in [-0.2, 0) is 22.6 Å². The predicted molar refractivity (Wildman–Crippen MR) is 153 cm³/mol. The molecule has 0 spiro atoms. The van der Waals surface area contributed by atoms with Gasteiger partial charge in [-0.3, -0.25) is 14.5 Å². The Morgan fingerprint density at radius 3 is 2.61 bits per heavy atom. The Balaban J connectivity index is 1.44. The lowest BCUT2D eigenvalue weighted by Gasteiger charge is -2.23. The molecule has 0 radical (unpaired) electrons. The topological polar surface area (TPSA) is 111 Å². The van der Waals surface area contributed by atoms with Crippen molar-refractivity contribution in [2.75, 3.05) is 12.0 Å². The Hall–Kier alpha value is -4.70. The smallest absolute Gasteiger partial charge is 0.301 e. The Labute approximate surface area is 240 Å². The summed E-state index contributed by atoms with van der Waals surface area (Å²) in [7, 11) is 1.52. The zero-order valence-corrected chi connectivity index (χ0v) is 23.5. The van der Waals surface area contributed by atoms with Crippen molar-refractivity contribution in [1.29, 1.82) is 0 Å². The quantitative estimate of drug-likeness (QED) is 0.179. The minimum absolute atomic E-state index is 0.0173. The van der Waals surface area contributed by atoms with Crippen LogP contribution in [0.15, 0.2) is 72.3 Å². The van der Waals surface area contributed by atoms with Crippen LogP contribution in [0, 0.1) is 6.92 Å². The molecule has 4 aromatic rings. The molecule has 2 atom stereocenters. The Bertz CT molecular complexity index is 1680. The van der Waals surface area contributed by atoms with E-state index < -0.39 is 17.7 Å². The molecule has 0 aliphatic carbocycles. The molecule has 208 valence electrons. The van der Waals surface area contributed by atoms with E-state index in [2.05, 4.69) is 10.2 Å². The van der Waals surface area contributed by atoms with E-state index in [4.69, 9.17) is 14.2 Å². The number of carbonyl (C=O) groups excluding carboxylic acids is 2. The normalized spacial score (nSPS) is 19.2. The van der Waals surface area contributed by atoms with Gasteiger partial charge >= 0.3 is 5.91 Å². The van der Waals surface area contributed by atoms with Crippen LogP contribution in [0.3, 0.4) is 0 Å². The number of fused-ring (bicyclic) bond motifs is 1. The van der Waals surface area contributed by atoms with E-state index in [1.165, 1.54) is 23.3 Å². The van der Waals surface area contributed by atoms with Gasteiger partial charge in [0.15, 0.2) is 11.5 Å². The van der Waals surface area contributed by atoms with Crippen molar-refractivity contribution in [2.45, 2.75) is 39.0 Å². The highest BCUT2D eigenvalue weighted by atomic mass is 32.1. The summed E-state index contributed by atoms with van der Waals surface area (Å²) in [6.45, 7) is 4.07. The number of Topliss-reactive ketones (excluding diaryl/α,β-unsaturated/α-hetero) is 1. The van der Waals surface area contributed by atoms with Crippen molar-refractivity contribution >= 4 is 33.9 Å². The van der Waals surface area contributed by atoms with Crippen molar-refractivity contribution in [1.82, 2.24) is 10.2 Å². The molecule has 1 N–H and O–H groups in total. The van der Waals surface area contributed by atoms with E-state index in [0.717, 1.165) is 16.9 Å². The SMILES string of the molecule is COc1cc([C@@H]2C(=C(O)c3ccc4c(c3)C[C@@H](C)O4)C(=O)C(=O)N2c2nnc(C)s2)ccc1OCc1ccccc1. The fourth-order valence-corrected chi connectivity index (χ4v) is 5.88. The molecule has 3 aromatic carbocycles. The number of hydrogen-bond acceptors (Lipinski definition) is 9. The first-order valence-corrected chi connectivity index (χ1v) is 13.9. The second kappa shape index (κ2) is 10.7. The van der Waals surface area contributed by atoms with E-state index >= 15 is 0 Å². The van der Waals surface area contributed by atoms with E-state index in [-0.39, 0.29) is 22.6 Å². The lowest BCUT2D eigenvalue weighted by molar-refractivity contribution is -0.132. The van der Waals surface area contributed by atoms with Crippen LogP contribution in [0.4, 0.5) is 5.13 Å². The maximum Gasteiger partial charge on any atom is 0.301 e. The van der Waals surface area contributed by atoms with Gasteiger partial charge in [0.25, 0.3) is 5.78 Å².